The number of hydrogen-bond donors (Lipinski definition) is 1. The molecule has 0 fully saturated rings. The van der Waals surface area contributed by atoms with Crippen LogP contribution in [0, 0.1) is 0 Å². The summed E-state index contributed by atoms with van der Waals surface area (Å²) in [6, 6.07) is 18.3. The Hall–Kier alpha value is -3.22. The van der Waals surface area contributed by atoms with Crippen molar-refractivity contribution < 1.29 is 14.3 Å². The van der Waals surface area contributed by atoms with E-state index in [1.165, 1.54) is 7.11 Å². The van der Waals surface area contributed by atoms with Crippen LogP contribution < -0.4 is 14.8 Å². The highest BCUT2D eigenvalue weighted by molar-refractivity contribution is 6.35. The number of benzene rings is 3. The number of rotatable bonds is 7. The van der Waals surface area contributed by atoms with Gasteiger partial charge in [-0.05, 0) is 48.0 Å². The highest BCUT2D eigenvalue weighted by Gasteiger charge is 2.15. The fraction of sp³-hybridized carbons (Fsp3) is 0.167. The number of aromatic nitrogens is 2. The Morgan fingerprint density at radius 2 is 1.78 bits per heavy atom. The van der Waals surface area contributed by atoms with Crippen LogP contribution in [-0.2, 0) is 13.1 Å². The maximum atomic E-state index is 12.8. The van der Waals surface area contributed by atoms with Gasteiger partial charge in [0.25, 0.3) is 5.91 Å². The van der Waals surface area contributed by atoms with Gasteiger partial charge in [0, 0.05) is 15.6 Å². The summed E-state index contributed by atoms with van der Waals surface area (Å²) in [6.45, 7) is 0.741. The normalized spacial score (nSPS) is 10.9. The monoisotopic (exact) mass is 469 g/mol. The summed E-state index contributed by atoms with van der Waals surface area (Å²) in [5, 5.41) is 4.10. The SMILES string of the molecule is COc1ccc(C(=O)NCc2nc3ccccc3n2Cc2ccc(Cl)cc2Cl)cc1OC. The number of para-hydroxylation sites is 2. The number of carbonyl (C=O) groups excluding carboxylic acids is 1. The molecule has 1 amide bonds. The van der Waals surface area contributed by atoms with E-state index < -0.39 is 0 Å². The van der Waals surface area contributed by atoms with Crippen LogP contribution in [0.4, 0.5) is 0 Å². The van der Waals surface area contributed by atoms with Gasteiger partial charge in [-0.2, -0.15) is 0 Å². The molecule has 4 aromatic rings. The van der Waals surface area contributed by atoms with E-state index in [1.54, 1.807) is 37.4 Å². The summed E-state index contributed by atoms with van der Waals surface area (Å²) in [5.74, 6) is 1.52. The molecule has 3 aromatic carbocycles. The standard InChI is InChI=1S/C24H21Cl2N3O3/c1-31-21-10-8-15(11-22(21)32-2)24(30)27-13-23-28-19-5-3-4-6-20(19)29(23)14-16-7-9-17(25)12-18(16)26/h3-12H,13-14H2,1-2H3,(H,27,30). The molecule has 0 radical (unpaired) electrons. The van der Waals surface area contributed by atoms with Gasteiger partial charge in [-0.3, -0.25) is 4.79 Å². The lowest BCUT2D eigenvalue weighted by molar-refractivity contribution is 0.0949. The molecule has 0 unspecified atom stereocenters. The van der Waals surface area contributed by atoms with Crippen LogP contribution >= 0.6 is 23.2 Å². The van der Waals surface area contributed by atoms with Gasteiger partial charge in [-0.25, -0.2) is 4.98 Å². The summed E-state index contributed by atoms with van der Waals surface area (Å²) >= 11 is 12.4. The topological polar surface area (TPSA) is 65.4 Å². The van der Waals surface area contributed by atoms with Crippen LogP contribution in [0.1, 0.15) is 21.7 Å². The molecule has 4 rings (SSSR count). The van der Waals surface area contributed by atoms with Crippen molar-refractivity contribution in [1.82, 2.24) is 14.9 Å². The average molecular weight is 470 g/mol. The molecule has 0 atom stereocenters. The summed E-state index contributed by atoms with van der Waals surface area (Å²) in [7, 11) is 3.08. The Morgan fingerprint density at radius 1 is 1.00 bits per heavy atom. The molecule has 32 heavy (non-hydrogen) atoms. The minimum absolute atomic E-state index is 0.242. The van der Waals surface area contributed by atoms with Crippen LogP contribution in [0.25, 0.3) is 11.0 Å². The van der Waals surface area contributed by atoms with Crippen molar-refractivity contribution in [3.05, 3.63) is 87.7 Å². The highest BCUT2D eigenvalue weighted by atomic mass is 35.5. The fourth-order valence-electron chi connectivity index (χ4n) is 3.50. The van der Waals surface area contributed by atoms with Gasteiger partial charge < -0.3 is 19.4 Å². The molecule has 0 saturated heterocycles. The zero-order valence-electron chi connectivity index (χ0n) is 17.6. The van der Waals surface area contributed by atoms with Gasteiger partial charge in [0.05, 0.1) is 38.3 Å². The van der Waals surface area contributed by atoms with Crippen LogP contribution in [0.3, 0.4) is 0 Å². The molecule has 0 spiro atoms. The molecule has 6 nitrogen and oxygen atoms in total. The van der Waals surface area contributed by atoms with Gasteiger partial charge in [0.15, 0.2) is 11.5 Å². The predicted molar refractivity (Wildman–Crippen MR) is 126 cm³/mol. The van der Waals surface area contributed by atoms with Crippen LogP contribution in [0.2, 0.25) is 10.0 Å². The minimum Gasteiger partial charge on any atom is -0.493 e. The lowest BCUT2D eigenvalue weighted by Gasteiger charge is -2.13. The second kappa shape index (κ2) is 9.51. The maximum Gasteiger partial charge on any atom is 0.251 e. The van der Waals surface area contributed by atoms with Gasteiger partial charge in [0.2, 0.25) is 0 Å². The van der Waals surface area contributed by atoms with E-state index in [9.17, 15) is 4.79 Å². The second-order valence-electron chi connectivity index (χ2n) is 7.09. The Bertz CT molecular complexity index is 1290. The summed E-state index contributed by atoms with van der Waals surface area (Å²) in [4.78, 5) is 17.5. The lowest BCUT2D eigenvalue weighted by atomic mass is 10.2. The van der Waals surface area contributed by atoms with Crippen molar-refractivity contribution in [2.24, 2.45) is 0 Å². The highest BCUT2D eigenvalue weighted by Crippen LogP contribution is 2.28. The van der Waals surface area contributed by atoms with Crippen molar-refractivity contribution >= 4 is 40.1 Å². The van der Waals surface area contributed by atoms with Gasteiger partial charge >= 0.3 is 0 Å². The number of methoxy groups -OCH3 is 2. The molecular weight excluding hydrogens is 449 g/mol. The number of amides is 1. The van der Waals surface area contributed by atoms with E-state index >= 15 is 0 Å². The molecule has 0 saturated carbocycles. The number of ether oxygens (including phenoxy) is 2. The second-order valence-corrected chi connectivity index (χ2v) is 7.93. The van der Waals surface area contributed by atoms with E-state index in [2.05, 4.69) is 5.32 Å². The molecule has 0 aliphatic heterocycles. The first kappa shape index (κ1) is 22.0. The average Bonchev–Trinajstić information content (AvgIpc) is 3.16. The quantitative estimate of drug-likeness (QED) is 0.396. The van der Waals surface area contributed by atoms with E-state index in [4.69, 9.17) is 37.7 Å². The van der Waals surface area contributed by atoms with Crippen molar-refractivity contribution in [2.75, 3.05) is 14.2 Å². The van der Waals surface area contributed by atoms with Gasteiger partial charge in [-0.1, -0.05) is 41.4 Å². The molecule has 0 aliphatic rings. The molecular formula is C24H21Cl2N3O3. The largest absolute Gasteiger partial charge is 0.493 e. The smallest absolute Gasteiger partial charge is 0.251 e. The molecule has 8 heteroatoms. The number of fused-ring (bicyclic) bond motifs is 1. The van der Waals surface area contributed by atoms with Crippen LogP contribution in [0.5, 0.6) is 11.5 Å². The molecule has 1 aromatic heterocycles. The Balaban J connectivity index is 1.60. The van der Waals surface area contributed by atoms with Crippen molar-refractivity contribution in [3.63, 3.8) is 0 Å². The Labute approximate surface area is 195 Å². The Kier molecular flexibility index (Phi) is 6.53. The molecule has 164 valence electrons. The van der Waals surface area contributed by atoms with Gasteiger partial charge in [0.1, 0.15) is 5.82 Å². The number of halogens is 2. The number of carbonyl (C=O) groups is 1. The third-order valence-corrected chi connectivity index (χ3v) is 5.72. The number of hydrogen-bond acceptors (Lipinski definition) is 4. The fourth-order valence-corrected chi connectivity index (χ4v) is 3.96. The van der Waals surface area contributed by atoms with Crippen LogP contribution in [-0.4, -0.2) is 29.7 Å². The molecule has 0 aliphatic carbocycles. The number of imidazole rings is 1. The maximum absolute atomic E-state index is 12.8. The zero-order valence-corrected chi connectivity index (χ0v) is 19.1. The number of nitrogens with zero attached hydrogens (tertiary/aromatic N) is 2. The first-order valence-corrected chi connectivity index (χ1v) is 10.6. The van der Waals surface area contributed by atoms with E-state index in [0.717, 1.165) is 16.6 Å². The first-order valence-electron chi connectivity index (χ1n) is 9.88. The minimum atomic E-state index is -0.242. The zero-order chi connectivity index (χ0) is 22.7. The summed E-state index contributed by atoms with van der Waals surface area (Å²) in [6.07, 6.45) is 0. The summed E-state index contributed by atoms with van der Waals surface area (Å²) < 4.78 is 12.6. The van der Waals surface area contributed by atoms with Gasteiger partial charge in [-0.15, -0.1) is 0 Å². The third kappa shape index (κ3) is 4.52. The molecule has 1 N–H and O–H groups in total. The van der Waals surface area contributed by atoms with Crippen molar-refractivity contribution in [3.8, 4) is 11.5 Å². The van der Waals surface area contributed by atoms with E-state index in [-0.39, 0.29) is 12.5 Å². The third-order valence-electron chi connectivity index (χ3n) is 5.13. The predicted octanol–water partition coefficient (Wildman–Crippen LogP) is 5.34. The molecule has 1 heterocycles. The van der Waals surface area contributed by atoms with E-state index in [1.807, 2.05) is 34.9 Å². The summed E-state index contributed by atoms with van der Waals surface area (Å²) in [5.41, 5.74) is 3.17. The number of nitrogens with one attached hydrogen (secondary N) is 1. The van der Waals surface area contributed by atoms with E-state index in [0.29, 0.717) is 39.5 Å². The van der Waals surface area contributed by atoms with Crippen LogP contribution in [0.15, 0.2) is 60.7 Å². The van der Waals surface area contributed by atoms with Crippen molar-refractivity contribution in [2.45, 2.75) is 13.1 Å². The Morgan fingerprint density at radius 3 is 2.53 bits per heavy atom. The lowest BCUT2D eigenvalue weighted by Crippen LogP contribution is -2.25. The first-order chi connectivity index (χ1) is 15.5. The molecule has 0 bridgehead atoms. The van der Waals surface area contributed by atoms with Crippen molar-refractivity contribution in [1.29, 1.82) is 0 Å².